The van der Waals surface area contributed by atoms with Crippen molar-refractivity contribution in [3.05, 3.63) is 247 Å². The van der Waals surface area contributed by atoms with Gasteiger partial charge in [0.2, 0.25) is 0 Å². The lowest BCUT2D eigenvalue weighted by atomic mass is 9.66. The van der Waals surface area contributed by atoms with E-state index in [2.05, 4.69) is 193 Å². The lowest BCUT2D eigenvalue weighted by Gasteiger charge is -2.35. The van der Waals surface area contributed by atoms with Crippen molar-refractivity contribution in [2.24, 2.45) is 0 Å². The van der Waals surface area contributed by atoms with E-state index in [1.54, 1.807) is 6.20 Å². The third-order valence-electron chi connectivity index (χ3n) is 11.9. The number of hydrogen-bond donors (Lipinski definition) is 0. The lowest BCUT2D eigenvalue weighted by Crippen LogP contribution is -2.29. The number of hydrogen-bond acceptors (Lipinski definition) is 3. The molecular formula is C56H37N3. The highest BCUT2D eigenvalue weighted by Gasteiger charge is 2.47. The predicted octanol–water partition coefficient (Wildman–Crippen LogP) is 13.7. The second-order valence-electron chi connectivity index (χ2n) is 15.1. The summed E-state index contributed by atoms with van der Waals surface area (Å²) in [5.41, 5.74) is 16.5. The molecular weight excluding hydrogens is 715 g/mol. The van der Waals surface area contributed by atoms with Crippen LogP contribution < -0.4 is 0 Å². The van der Waals surface area contributed by atoms with Crippen LogP contribution in [0.15, 0.2) is 225 Å². The molecule has 11 rings (SSSR count). The van der Waals surface area contributed by atoms with E-state index in [0.29, 0.717) is 5.82 Å². The Morgan fingerprint density at radius 1 is 0.339 bits per heavy atom. The number of aromatic nitrogens is 3. The van der Waals surface area contributed by atoms with Crippen molar-refractivity contribution in [3.63, 3.8) is 0 Å². The third-order valence-corrected chi connectivity index (χ3v) is 11.9. The predicted molar refractivity (Wildman–Crippen MR) is 242 cm³/mol. The van der Waals surface area contributed by atoms with Crippen molar-refractivity contribution in [1.82, 2.24) is 15.0 Å². The average molecular weight is 752 g/mol. The van der Waals surface area contributed by atoms with Gasteiger partial charge in [0.25, 0.3) is 0 Å². The van der Waals surface area contributed by atoms with Crippen molar-refractivity contribution >= 4 is 10.8 Å². The standard InChI is InChI=1S/C56H37N3/c1-4-16-40(17-5-1)55-58-52(39-31-29-38(30-32-39)41-18-15-35-57-37-41)36-53(59-55)48-34-33-46(44-23-10-11-24-45(44)48)49-26-14-27-50-47-25-12-13-28-51(47)56(54(49)50,42-19-6-2-7-20-42)43-21-8-3-9-22-43/h1-37H. The summed E-state index contributed by atoms with van der Waals surface area (Å²) < 4.78 is 0. The van der Waals surface area contributed by atoms with Crippen molar-refractivity contribution in [2.45, 2.75) is 5.41 Å². The summed E-state index contributed by atoms with van der Waals surface area (Å²) >= 11 is 0. The number of fused-ring (bicyclic) bond motifs is 4. The highest BCUT2D eigenvalue weighted by atomic mass is 14.9. The molecule has 2 heterocycles. The fraction of sp³-hybridized carbons (Fsp3) is 0.0179. The van der Waals surface area contributed by atoms with E-state index in [0.717, 1.165) is 44.6 Å². The van der Waals surface area contributed by atoms with Crippen molar-refractivity contribution in [2.75, 3.05) is 0 Å². The smallest absolute Gasteiger partial charge is 0.160 e. The zero-order valence-corrected chi connectivity index (χ0v) is 32.2. The quantitative estimate of drug-likeness (QED) is 0.163. The Balaban J connectivity index is 1.13. The monoisotopic (exact) mass is 751 g/mol. The second kappa shape index (κ2) is 14.3. The molecule has 0 fully saturated rings. The molecule has 0 aliphatic heterocycles. The molecule has 0 saturated heterocycles. The minimum atomic E-state index is -0.524. The summed E-state index contributed by atoms with van der Waals surface area (Å²) in [5.74, 6) is 0.691. The van der Waals surface area contributed by atoms with Crippen molar-refractivity contribution in [3.8, 4) is 67.3 Å². The molecule has 2 aromatic heterocycles. The fourth-order valence-corrected chi connectivity index (χ4v) is 9.30. The van der Waals surface area contributed by atoms with Crippen LogP contribution in [0.25, 0.3) is 78.1 Å². The molecule has 8 aromatic carbocycles. The van der Waals surface area contributed by atoms with Crippen molar-refractivity contribution in [1.29, 1.82) is 0 Å². The molecule has 3 nitrogen and oxygen atoms in total. The fourth-order valence-electron chi connectivity index (χ4n) is 9.30. The molecule has 3 heteroatoms. The summed E-state index contributed by atoms with van der Waals surface area (Å²) in [7, 11) is 0. The zero-order chi connectivity index (χ0) is 39.2. The van der Waals surface area contributed by atoms with Crippen LogP contribution in [-0.4, -0.2) is 15.0 Å². The molecule has 0 spiro atoms. The number of nitrogens with zero attached hydrogens (tertiary/aromatic N) is 3. The van der Waals surface area contributed by atoms with Gasteiger partial charge in [-0.05, 0) is 78.5 Å². The molecule has 0 N–H and O–H groups in total. The van der Waals surface area contributed by atoms with Crippen LogP contribution in [-0.2, 0) is 5.41 Å². The number of rotatable bonds is 7. The average Bonchev–Trinajstić information content (AvgIpc) is 3.64. The van der Waals surface area contributed by atoms with Crippen molar-refractivity contribution < 1.29 is 0 Å². The SMILES string of the molecule is c1ccc(-c2nc(-c3ccc(-c4cccnc4)cc3)cc(-c3ccc(-c4cccc5c4C(c4ccccc4)(c4ccccc4)c4ccccc4-5)c4ccccc34)n2)cc1. The van der Waals surface area contributed by atoms with Crippen LogP contribution in [0, 0.1) is 0 Å². The lowest BCUT2D eigenvalue weighted by molar-refractivity contribution is 0.770. The maximum atomic E-state index is 5.29. The van der Waals surface area contributed by atoms with Crippen LogP contribution in [0.4, 0.5) is 0 Å². The Hall–Kier alpha value is -7.75. The first-order valence-corrected chi connectivity index (χ1v) is 20.1. The number of pyridine rings is 1. The molecule has 0 bridgehead atoms. The van der Waals surface area contributed by atoms with Gasteiger partial charge in [-0.15, -0.1) is 0 Å². The van der Waals surface area contributed by atoms with E-state index in [1.165, 1.54) is 49.9 Å². The molecule has 0 atom stereocenters. The molecule has 1 aliphatic carbocycles. The van der Waals surface area contributed by atoms with Gasteiger partial charge < -0.3 is 0 Å². The molecule has 0 radical (unpaired) electrons. The third kappa shape index (κ3) is 5.70. The summed E-state index contributed by atoms with van der Waals surface area (Å²) in [5, 5.41) is 2.31. The van der Waals surface area contributed by atoms with Gasteiger partial charge in [-0.2, -0.15) is 0 Å². The van der Waals surface area contributed by atoms with Gasteiger partial charge in [-0.25, -0.2) is 9.97 Å². The second-order valence-corrected chi connectivity index (χ2v) is 15.1. The zero-order valence-electron chi connectivity index (χ0n) is 32.2. The van der Waals surface area contributed by atoms with Gasteiger partial charge in [-0.3, -0.25) is 4.98 Å². The molecule has 0 unspecified atom stereocenters. The normalized spacial score (nSPS) is 12.5. The highest BCUT2D eigenvalue weighted by molar-refractivity contribution is 6.07. The van der Waals surface area contributed by atoms with Gasteiger partial charge in [0.05, 0.1) is 16.8 Å². The first-order valence-electron chi connectivity index (χ1n) is 20.1. The van der Waals surface area contributed by atoms with Gasteiger partial charge in [0.1, 0.15) is 0 Å². The van der Waals surface area contributed by atoms with Crippen LogP contribution in [0.1, 0.15) is 22.3 Å². The summed E-state index contributed by atoms with van der Waals surface area (Å²) in [6.07, 6.45) is 3.70. The topological polar surface area (TPSA) is 38.7 Å². The summed E-state index contributed by atoms with van der Waals surface area (Å²) in [4.78, 5) is 14.8. The van der Waals surface area contributed by atoms with E-state index < -0.39 is 5.41 Å². The van der Waals surface area contributed by atoms with Gasteiger partial charge in [0, 0.05) is 29.1 Å². The van der Waals surface area contributed by atoms with Gasteiger partial charge >= 0.3 is 0 Å². The van der Waals surface area contributed by atoms with Gasteiger partial charge in [0.15, 0.2) is 5.82 Å². The highest BCUT2D eigenvalue weighted by Crippen LogP contribution is 2.59. The Kier molecular flexibility index (Phi) is 8.37. The Morgan fingerprint density at radius 2 is 0.881 bits per heavy atom. The van der Waals surface area contributed by atoms with Gasteiger partial charge in [-0.1, -0.05) is 200 Å². The van der Waals surface area contributed by atoms with Crippen LogP contribution in [0.5, 0.6) is 0 Å². The van der Waals surface area contributed by atoms with Crippen LogP contribution in [0.2, 0.25) is 0 Å². The van der Waals surface area contributed by atoms with E-state index in [9.17, 15) is 0 Å². The maximum Gasteiger partial charge on any atom is 0.160 e. The summed E-state index contributed by atoms with van der Waals surface area (Å²) in [6, 6.07) is 76.3. The van der Waals surface area contributed by atoms with E-state index in [1.807, 2.05) is 30.5 Å². The van der Waals surface area contributed by atoms with E-state index in [4.69, 9.17) is 9.97 Å². The molecule has 0 amide bonds. The molecule has 0 saturated carbocycles. The van der Waals surface area contributed by atoms with E-state index >= 15 is 0 Å². The molecule has 276 valence electrons. The summed E-state index contributed by atoms with van der Waals surface area (Å²) in [6.45, 7) is 0. The molecule has 1 aliphatic rings. The minimum Gasteiger partial charge on any atom is -0.264 e. The van der Waals surface area contributed by atoms with Crippen LogP contribution >= 0.6 is 0 Å². The Labute approximate surface area is 344 Å². The maximum absolute atomic E-state index is 5.29. The van der Waals surface area contributed by atoms with E-state index in [-0.39, 0.29) is 0 Å². The number of benzene rings is 8. The Bertz CT molecular complexity index is 3080. The Morgan fingerprint density at radius 3 is 1.58 bits per heavy atom. The largest absolute Gasteiger partial charge is 0.264 e. The first kappa shape index (κ1) is 34.5. The minimum absolute atomic E-state index is 0.524. The molecule has 10 aromatic rings. The first-order chi connectivity index (χ1) is 29.3. The molecule has 59 heavy (non-hydrogen) atoms. The van der Waals surface area contributed by atoms with Crippen LogP contribution in [0.3, 0.4) is 0 Å².